The molecule has 0 aliphatic heterocycles. The Labute approximate surface area is 165 Å². The number of nitrogens with one attached hydrogen (secondary N) is 1. The van der Waals surface area contributed by atoms with Crippen LogP contribution in [-0.2, 0) is 0 Å². The Morgan fingerprint density at radius 1 is 1.14 bits per heavy atom. The summed E-state index contributed by atoms with van der Waals surface area (Å²) in [5.74, 6) is -0.692. The molecule has 6 nitrogen and oxygen atoms in total. The quantitative estimate of drug-likeness (QED) is 0.541. The molecule has 2 aromatic heterocycles. The molecule has 0 saturated carbocycles. The fraction of sp³-hybridized carbons (Fsp3) is 0.0455. The summed E-state index contributed by atoms with van der Waals surface area (Å²) in [7, 11) is 0. The summed E-state index contributed by atoms with van der Waals surface area (Å²) in [5.41, 5.74) is 1.31. The Bertz CT molecular complexity index is 1280. The van der Waals surface area contributed by atoms with Gasteiger partial charge in [0.2, 0.25) is 5.55 Å². The lowest BCUT2D eigenvalue weighted by Crippen LogP contribution is -2.22. The van der Waals surface area contributed by atoms with Crippen LogP contribution in [0, 0.1) is 12.7 Å². The number of anilines is 1. The van der Waals surface area contributed by atoms with Gasteiger partial charge in [0.1, 0.15) is 34.2 Å². The molecule has 0 unspecified atom stereocenters. The first-order valence-electron chi connectivity index (χ1n) is 8.80. The average Bonchev–Trinajstić information content (AvgIpc) is 2.71. The molecule has 2 aromatic carbocycles. The standard InChI is InChI=1S/C22H16FN3O3/c1-13-6-9-20(24-12-13)26-21(28)16-10-14-7-8-15(27)11-19(14)29-22(16)25-18-5-3-2-4-17(18)23/h2-12,27H,1H3,(H,24,26,28). The first-order valence-corrected chi connectivity index (χ1v) is 8.80. The lowest BCUT2D eigenvalue weighted by Gasteiger charge is -2.07. The number of hydrogen-bond donors (Lipinski definition) is 2. The number of carbonyl (C=O) groups excluding carboxylic acids is 1. The Balaban J connectivity index is 1.86. The maximum atomic E-state index is 14.1. The monoisotopic (exact) mass is 389 g/mol. The summed E-state index contributed by atoms with van der Waals surface area (Å²) >= 11 is 0. The van der Waals surface area contributed by atoms with E-state index in [0.29, 0.717) is 16.8 Å². The molecular formula is C22H16FN3O3. The second kappa shape index (κ2) is 7.55. The van der Waals surface area contributed by atoms with Gasteiger partial charge in [-0.3, -0.25) is 4.79 Å². The molecule has 0 spiro atoms. The van der Waals surface area contributed by atoms with Crippen LogP contribution in [0.15, 0.2) is 76.3 Å². The third-order valence-electron chi connectivity index (χ3n) is 4.21. The largest absolute Gasteiger partial charge is 0.508 e. The van der Waals surface area contributed by atoms with Crippen LogP contribution in [0.5, 0.6) is 5.75 Å². The summed E-state index contributed by atoms with van der Waals surface area (Å²) in [5, 5.41) is 13.0. The van der Waals surface area contributed by atoms with E-state index in [0.717, 1.165) is 5.56 Å². The number of halogens is 1. The van der Waals surface area contributed by atoms with Gasteiger partial charge in [-0.15, -0.1) is 0 Å². The van der Waals surface area contributed by atoms with Gasteiger partial charge in [0, 0.05) is 17.6 Å². The Kier molecular flexibility index (Phi) is 4.78. The Hall–Kier alpha value is -4.00. The fourth-order valence-corrected chi connectivity index (χ4v) is 2.73. The number of hydrogen-bond acceptors (Lipinski definition) is 5. The van der Waals surface area contributed by atoms with E-state index in [1.807, 2.05) is 13.0 Å². The van der Waals surface area contributed by atoms with E-state index in [9.17, 15) is 14.3 Å². The number of aromatic nitrogens is 1. The van der Waals surface area contributed by atoms with Crippen molar-refractivity contribution < 1.29 is 18.7 Å². The predicted molar refractivity (Wildman–Crippen MR) is 106 cm³/mol. The molecule has 0 atom stereocenters. The Morgan fingerprint density at radius 3 is 2.72 bits per heavy atom. The molecule has 144 valence electrons. The third kappa shape index (κ3) is 3.98. The van der Waals surface area contributed by atoms with E-state index in [1.165, 1.54) is 24.3 Å². The van der Waals surface area contributed by atoms with Crippen molar-refractivity contribution in [3.63, 3.8) is 0 Å². The first-order chi connectivity index (χ1) is 14.0. The van der Waals surface area contributed by atoms with Crippen molar-refractivity contribution in [2.24, 2.45) is 4.99 Å². The molecule has 2 heterocycles. The van der Waals surface area contributed by atoms with Crippen LogP contribution < -0.4 is 10.9 Å². The highest BCUT2D eigenvalue weighted by Gasteiger charge is 2.14. The molecule has 4 rings (SSSR count). The molecule has 0 aliphatic carbocycles. The molecule has 7 heteroatoms. The van der Waals surface area contributed by atoms with Crippen LogP contribution in [0.1, 0.15) is 15.9 Å². The molecule has 29 heavy (non-hydrogen) atoms. The van der Waals surface area contributed by atoms with Crippen molar-refractivity contribution in [3.05, 3.63) is 89.4 Å². The van der Waals surface area contributed by atoms with Crippen molar-refractivity contribution in [2.75, 3.05) is 5.32 Å². The van der Waals surface area contributed by atoms with Crippen LogP contribution in [-0.4, -0.2) is 16.0 Å². The lowest BCUT2D eigenvalue weighted by molar-refractivity contribution is 0.102. The number of carbonyl (C=O) groups is 1. The van der Waals surface area contributed by atoms with E-state index >= 15 is 0 Å². The smallest absolute Gasteiger partial charge is 0.262 e. The number of nitrogens with zero attached hydrogens (tertiary/aromatic N) is 2. The predicted octanol–water partition coefficient (Wildman–Crippen LogP) is 4.47. The second-order valence-electron chi connectivity index (χ2n) is 6.43. The van der Waals surface area contributed by atoms with E-state index in [2.05, 4.69) is 15.3 Å². The minimum atomic E-state index is -0.551. The molecule has 0 aliphatic rings. The van der Waals surface area contributed by atoms with Crippen LogP contribution in [0.2, 0.25) is 0 Å². The van der Waals surface area contributed by atoms with Crippen LogP contribution in [0.25, 0.3) is 11.0 Å². The molecule has 0 fully saturated rings. The summed E-state index contributed by atoms with van der Waals surface area (Å²) in [6.07, 6.45) is 1.63. The number of phenolic OH excluding ortho intramolecular Hbond substituents is 1. The third-order valence-corrected chi connectivity index (χ3v) is 4.21. The zero-order chi connectivity index (χ0) is 20.4. The normalized spacial score (nSPS) is 11.6. The van der Waals surface area contributed by atoms with Crippen molar-refractivity contribution in [2.45, 2.75) is 6.92 Å². The van der Waals surface area contributed by atoms with Gasteiger partial charge in [0.05, 0.1) is 0 Å². The number of para-hydroxylation sites is 1. The van der Waals surface area contributed by atoms with E-state index in [4.69, 9.17) is 4.42 Å². The maximum absolute atomic E-state index is 14.1. The average molecular weight is 389 g/mol. The zero-order valence-electron chi connectivity index (χ0n) is 15.4. The maximum Gasteiger partial charge on any atom is 0.262 e. The second-order valence-corrected chi connectivity index (χ2v) is 6.43. The zero-order valence-corrected chi connectivity index (χ0v) is 15.4. The number of benzene rings is 2. The van der Waals surface area contributed by atoms with Gasteiger partial charge >= 0.3 is 0 Å². The van der Waals surface area contributed by atoms with Gasteiger partial charge in [-0.2, -0.15) is 0 Å². The number of rotatable bonds is 3. The number of aromatic hydroxyl groups is 1. The van der Waals surface area contributed by atoms with E-state index in [1.54, 1.807) is 36.5 Å². The number of pyridine rings is 1. The van der Waals surface area contributed by atoms with Crippen molar-refractivity contribution in [1.82, 2.24) is 4.98 Å². The number of fused-ring (bicyclic) bond motifs is 1. The molecule has 0 bridgehead atoms. The summed E-state index contributed by atoms with van der Waals surface area (Å²) in [6, 6.07) is 15.5. The summed E-state index contributed by atoms with van der Waals surface area (Å²) < 4.78 is 19.8. The highest BCUT2D eigenvalue weighted by atomic mass is 19.1. The van der Waals surface area contributed by atoms with E-state index < -0.39 is 11.7 Å². The van der Waals surface area contributed by atoms with Crippen LogP contribution in [0.3, 0.4) is 0 Å². The molecule has 0 radical (unpaired) electrons. The molecular weight excluding hydrogens is 373 g/mol. The van der Waals surface area contributed by atoms with Crippen LogP contribution in [0.4, 0.5) is 15.9 Å². The van der Waals surface area contributed by atoms with Crippen molar-refractivity contribution >= 4 is 28.4 Å². The highest BCUT2D eigenvalue weighted by molar-refractivity contribution is 6.05. The minimum absolute atomic E-state index is 0.000788. The highest BCUT2D eigenvalue weighted by Crippen LogP contribution is 2.21. The lowest BCUT2D eigenvalue weighted by atomic mass is 10.1. The van der Waals surface area contributed by atoms with Gasteiger partial charge in [0.15, 0.2) is 0 Å². The summed E-state index contributed by atoms with van der Waals surface area (Å²) in [4.78, 5) is 21.2. The van der Waals surface area contributed by atoms with Crippen molar-refractivity contribution in [1.29, 1.82) is 0 Å². The molecule has 2 N–H and O–H groups in total. The number of aryl methyl sites for hydroxylation is 1. The van der Waals surface area contributed by atoms with E-state index in [-0.39, 0.29) is 22.6 Å². The minimum Gasteiger partial charge on any atom is -0.508 e. The first kappa shape index (κ1) is 18.4. The SMILES string of the molecule is Cc1ccc(NC(=O)c2cc3ccc(O)cc3oc2=Nc2ccccc2F)nc1. The topological polar surface area (TPSA) is 87.7 Å². The van der Waals surface area contributed by atoms with Gasteiger partial charge in [0.25, 0.3) is 5.91 Å². The van der Waals surface area contributed by atoms with Crippen LogP contribution >= 0.6 is 0 Å². The molecule has 0 saturated heterocycles. The van der Waals surface area contributed by atoms with Gasteiger partial charge in [-0.05, 0) is 48.9 Å². The van der Waals surface area contributed by atoms with Gasteiger partial charge in [-0.25, -0.2) is 14.4 Å². The summed E-state index contributed by atoms with van der Waals surface area (Å²) in [6.45, 7) is 1.89. The molecule has 1 amide bonds. The number of amides is 1. The van der Waals surface area contributed by atoms with Gasteiger partial charge in [-0.1, -0.05) is 18.2 Å². The Morgan fingerprint density at radius 2 is 1.97 bits per heavy atom. The fourth-order valence-electron chi connectivity index (χ4n) is 2.73. The van der Waals surface area contributed by atoms with Gasteiger partial charge < -0.3 is 14.8 Å². The van der Waals surface area contributed by atoms with Crippen molar-refractivity contribution in [3.8, 4) is 5.75 Å². The molecule has 4 aromatic rings. The number of phenols is 1.